The molecule has 1 unspecified atom stereocenters. The molecule has 0 bridgehead atoms. The van der Waals surface area contributed by atoms with Crippen LogP contribution in [0.3, 0.4) is 0 Å². The van der Waals surface area contributed by atoms with Crippen molar-refractivity contribution in [3.8, 4) is 0 Å². The third-order valence-electron chi connectivity index (χ3n) is 3.22. The number of hydrogen-bond acceptors (Lipinski definition) is 4. The molecule has 0 amide bonds. The van der Waals surface area contributed by atoms with E-state index in [1.165, 1.54) is 4.68 Å². The number of hydrogen-bond donors (Lipinski definition) is 2. The van der Waals surface area contributed by atoms with E-state index in [9.17, 15) is 13.2 Å². The molecule has 0 spiro atoms. The van der Waals surface area contributed by atoms with Crippen LogP contribution in [0.1, 0.15) is 44.5 Å². The lowest BCUT2D eigenvalue weighted by Crippen LogP contribution is -2.33. The zero-order valence-corrected chi connectivity index (χ0v) is 13.7. The molecular formula is C13H23N3O4S. The molecule has 8 heteroatoms. The maximum absolute atomic E-state index is 12.4. The number of carboxylic acids is 1. The van der Waals surface area contributed by atoms with Crippen LogP contribution in [0.2, 0.25) is 0 Å². The highest BCUT2D eigenvalue weighted by molar-refractivity contribution is 7.89. The first-order chi connectivity index (χ1) is 9.69. The largest absolute Gasteiger partial charge is 0.480 e. The summed E-state index contributed by atoms with van der Waals surface area (Å²) in [4.78, 5) is 10.8. The number of aliphatic carboxylic acids is 1. The Morgan fingerprint density at radius 1 is 1.43 bits per heavy atom. The minimum atomic E-state index is -3.69. The van der Waals surface area contributed by atoms with E-state index in [0.29, 0.717) is 11.4 Å². The van der Waals surface area contributed by atoms with Gasteiger partial charge in [0.2, 0.25) is 10.0 Å². The van der Waals surface area contributed by atoms with Gasteiger partial charge in [-0.05, 0) is 27.2 Å². The van der Waals surface area contributed by atoms with E-state index >= 15 is 0 Å². The fourth-order valence-electron chi connectivity index (χ4n) is 2.24. The predicted octanol–water partition coefficient (Wildman–Crippen LogP) is 1.44. The van der Waals surface area contributed by atoms with Crippen molar-refractivity contribution in [3.05, 3.63) is 11.4 Å². The number of carboxylic acid groups (broad SMARTS) is 1. The number of aryl methyl sites for hydroxylation is 1. The van der Waals surface area contributed by atoms with Gasteiger partial charge in [0, 0.05) is 6.04 Å². The van der Waals surface area contributed by atoms with E-state index in [-0.39, 0.29) is 17.5 Å². The van der Waals surface area contributed by atoms with Gasteiger partial charge in [0.1, 0.15) is 11.4 Å². The fraction of sp³-hybridized carbons (Fsp3) is 0.692. The molecule has 0 fully saturated rings. The summed E-state index contributed by atoms with van der Waals surface area (Å²) in [6.07, 6.45) is 2.71. The van der Waals surface area contributed by atoms with Crippen LogP contribution in [0.4, 0.5) is 0 Å². The summed E-state index contributed by atoms with van der Waals surface area (Å²) in [6, 6.07) is -0.170. The molecule has 7 nitrogen and oxygen atoms in total. The molecule has 21 heavy (non-hydrogen) atoms. The molecule has 2 N–H and O–H groups in total. The molecule has 0 aliphatic carbocycles. The summed E-state index contributed by atoms with van der Waals surface area (Å²) < 4.78 is 28.7. The van der Waals surface area contributed by atoms with E-state index in [2.05, 4.69) is 9.82 Å². The SMILES string of the molecule is CCCCC(C)NS(=O)(=O)c1c(C)nn(CC(=O)O)c1C. The Kier molecular flexibility index (Phi) is 5.91. The van der Waals surface area contributed by atoms with Gasteiger partial charge >= 0.3 is 5.97 Å². The van der Waals surface area contributed by atoms with Crippen LogP contribution in [0.15, 0.2) is 4.90 Å². The topological polar surface area (TPSA) is 101 Å². The molecule has 1 heterocycles. The Morgan fingerprint density at radius 3 is 2.57 bits per heavy atom. The van der Waals surface area contributed by atoms with Gasteiger partial charge in [-0.3, -0.25) is 9.48 Å². The lowest BCUT2D eigenvalue weighted by Gasteiger charge is -2.14. The van der Waals surface area contributed by atoms with Crippen LogP contribution < -0.4 is 4.72 Å². The van der Waals surface area contributed by atoms with Crippen molar-refractivity contribution in [2.24, 2.45) is 0 Å². The molecule has 0 radical (unpaired) electrons. The van der Waals surface area contributed by atoms with Gasteiger partial charge in [-0.25, -0.2) is 13.1 Å². The average Bonchev–Trinajstić information content (AvgIpc) is 2.60. The number of aromatic nitrogens is 2. The summed E-state index contributed by atoms with van der Waals surface area (Å²) in [7, 11) is -3.69. The number of rotatable bonds is 8. The number of unbranched alkanes of at least 4 members (excludes halogenated alkanes) is 1. The zero-order chi connectivity index (χ0) is 16.2. The highest BCUT2D eigenvalue weighted by Gasteiger charge is 2.26. The second-order valence-corrected chi connectivity index (χ2v) is 6.87. The van der Waals surface area contributed by atoms with E-state index in [1.54, 1.807) is 13.8 Å². The predicted molar refractivity (Wildman–Crippen MR) is 78.6 cm³/mol. The molecule has 1 aromatic rings. The number of nitrogens with one attached hydrogen (secondary N) is 1. The smallest absolute Gasteiger partial charge is 0.325 e. The average molecular weight is 317 g/mol. The van der Waals surface area contributed by atoms with Crippen LogP contribution in [0, 0.1) is 13.8 Å². The lowest BCUT2D eigenvalue weighted by molar-refractivity contribution is -0.137. The lowest BCUT2D eigenvalue weighted by atomic mass is 10.2. The van der Waals surface area contributed by atoms with Gasteiger partial charge in [0.05, 0.1) is 11.4 Å². The molecule has 120 valence electrons. The van der Waals surface area contributed by atoms with Crippen molar-refractivity contribution in [2.45, 2.75) is 64.4 Å². The van der Waals surface area contributed by atoms with Crippen LogP contribution in [-0.2, 0) is 21.4 Å². The highest BCUT2D eigenvalue weighted by Crippen LogP contribution is 2.20. The quantitative estimate of drug-likeness (QED) is 0.755. The first-order valence-electron chi connectivity index (χ1n) is 6.97. The molecule has 1 atom stereocenters. The van der Waals surface area contributed by atoms with Gasteiger partial charge in [0.25, 0.3) is 0 Å². The van der Waals surface area contributed by atoms with Crippen molar-refractivity contribution in [1.29, 1.82) is 0 Å². The second-order valence-electron chi connectivity index (χ2n) is 5.22. The van der Waals surface area contributed by atoms with Gasteiger partial charge in [-0.2, -0.15) is 5.10 Å². The fourth-order valence-corrected chi connectivity index (χ4v) is 3.93. The van der Waals surface area contributed by atoms with Crippen LogP contribution >= 0.6 is 0 Å². The maximum atomic E-state index is 12.4. The monoisotopic (exact) mass is 317 g/mol. The first-order valence-corrected chi connectivity index (χ1v) is 8.45. The van der Waals surface area contributed by atoms with Gasteiger partial charge in [0.15, 0.2) is 0 Å². The summed E-state index contributed by atoms with van der Waals surface area (Å²) in [5.41, 5.74) is 0.647. The van der Waals surface area contributed by atoms with Gasteiger partial charge in [-0.15, -0.1) is 0 Å². The number of nitrogens with zero attached hydrogens (tertiary/aromatic N) is 2. The second kappa shape index (κ2) is 7.04. The molecular weight excluding hydrogens is 294 g/mol. The van der Waals surface area contributed by atoms with Crippen LogP contribution in [0.5, 0.6) is 0 Å². The molecule has 0 saturated heterocycles. The van der Waals surface area contributed by atoms with Crippen molar-refractivity contribution in [1.82, 2.24) is 14.5 Å². The number of carbonyl (C=O) groups is 1. The maximum Gasteiger partial charge on any atom is 0.325 e. The molecule has 0 saturated carbocycles. The third-order valence-corrected chi connectivity index (χ3v) is 5.06. The summed E-state index contributed by atoms with van der Waals surface area (Å²) in [6.45, 7) is 6.64. The van der Waals surface area contributed by atoms with Crippen molar-refractivity contribution >= 4 is 16.0 Å². The van der Waals surface area contributed by atoms with Crippen molar-refractivity contribution in [2.75, 3.05) is 0 Å². The Hall–Kier alpha value is -1.41. The van der Waals surface area contributed by atoms with Crippen molar-refractivity contribution < 1.29 is 18.3 Å². The summed E-state index contributed by atoms with van der Waals surface area (Å²) in [5, 5.41) is 12.8. The Labute approximate surface area is 125 Å². The standard InChI is InChI=1S/C13H23N3O4S/c1-5-6-7-9(2)15-21(19,20)13-10(3)14-16(11(13)4)8-12(17)18/h9,15H,5-8H2,1-4H3,(H,17,18). The minimum Gasteiger partial charge on any atom is -0.480 e. The Morgan fingerprint density at radius 2 is 2.05 bits per heavy atom. The van der Waals surface area contributed by atoms with Crippen molar-refractivity contribution in [3.63, 3.8) is 0 Å². The minimum absolute atomic E-state index is 0.0760. The van der Waals surface area contributed by atoms with E-state index in [0.717, 1.165) is 19.3 Å². The normalized spacial score (nSPS) is 13.3. The van der Waals surface area contributed by atoms with Crippen LogP contribution in [0.25, 0.3) is 0 Å². The highest BCUT2D eigenvalue weighted by atomic mass is 32.2. The first kappa shape index (κ1) is 17.6. The van der Waals surface area contributed by atoms with Crippen LogP contribution in [-0.4, -0.2) is 35.3 Å². The van der Waals surface area contributed by atoms with Gasteiger partial charge < -0.3 is 5.11 Å². The molecule has 0 aromatic carbocycles. The zero-order valence-electron chi connectivity index (χ0n) is 12.9. The Bertz CT molecular complexity index is 607. The molecule has 1 rings (SSSR count). The number of sulfonamides is 1. The van der Waals surface area contributed by atoms with Gasteiger partial charge in [-0.1, -0.05) is 19.8 Å². The van der Waals surface area contributed by atoms with E-state index < -0.39 is 16.0 Å². The Balaban J connectivity index is 3.03. The van der Waals surface area contributed by atoms with E-state index in [4.69, 9.17) is 5.11 Å². The summed E-state index contributed by atoms with van der Waals surface area (Å²) >= 11 is 0. The summed E-state index contributed by atoms with van der Waals surface area (Å²) in [5.74, 6) is -1.06. The third kappa shape index (κ3) is 4.53. The molecule has 1 aromatic heterocycles. The molecule has 0 aliphatic rings. The molecule has 0 aliphatic heterocycles. The van der Waals surface area contributed by atoms with E-state index in [1.807, 2.05) is 13.8 Å².